The number of aliphatic imine (C=N–C) groups is 2. The summed E-state index contributed by atoms with van der Waals surface area (Å²) < 4.78 is 6.66. The molecule has 320 valence electrons. The summed E-state index contributed by atoms with van der Waals surface area (Å²) in [7, 11) is 0. The summed E-state index contributed by atoms with van der Waals surface area (Å²) in [6.07, 6.45) is 36.5. The highest BCUT2D eigenvalue weighted by atomic mass is 32.2. The van der Waals surface area contributed by atoms with Gasteiger partial charge in [-0.3, -0.25) is 0 Å². The maximum absolute atomic E-state index is 11.4. The molecular formula is C58H46N6OS. The van der Waals surface area contributed by atoms with Gasteiger partial charge in [-0.25, -0.2) is 9.98 Å². The van der Waals surface area contributed by atoms with E-state index in [1.807, 2.05) is 12.1 Å². The Morgan fingerprint density at radius 2 is 1.53 bits per heavy atom. The van der Waals surface area contributed by atoms with E-state index in [-0.39, 0.29) is 35.8 Å². The lowest BCUT2D eigenvalue weighted by Crippen LogP contribution is -2.42. The minimum atomic E-state index is -0.591. The first kappa shape index (κ1) is 38.2. The summed E-state index contributed by atoms with van der Waals surface area (Å²) in [5.74, 6) is 2.30. The van der Waals surface area contributed by atoms with Crippen molar-refractivity contribution in [3.05, 3.63) is 208 Å². The van der Waals surface area contributed by atoms with E-state index in [0.717, 1.165) is 81.6 Å². The van der Waals surface area contributed by atoms with E-state index in [1.165, 1.54) is 23.3 Å². The molecule has 0 bridgehead atoms. The van der Waals surface area contributed by atoms with E-state index in [9.17, 15) is 5.26 Å². The zero-order chi connectivity index (χ0) is 43.5. The highest BCUT2D eigenvalue weighted by Crippen LogP contribution is 2.60. The number of allylic oxidation sites excluding steroid dienone is 11. The van der Waals surface area contributed by atoms with Crippen molar-refractivity contribution >= 4 is 62.4 Å². The van der Waals surface area contributed by atoms with Gasteiger partial charge in [0.15, 0.2) is 6.17 Å². The van der Waals surface area contributed by atoms with Gasteiger partial charge in [-0.05, 0) is 78.0 Å². The topological polar surface area (TPSA) is 80.2 Å². The number of hydrogen-bond acceptors (Lipinski definition) is 8. The van der Waals surface area contributed by atoms with E-state index in [0.29, 0.717) is 16.6 Å². The summed E-state index contributed by atoms with van der Waals surface area (Å²) in [5, 5.41) is 17.9. The Balaban J connectivity index is 1.02. The molecule has 9 aliphatic rings. The van der Waals surface area contributed by atoms with Gasteiger partial charge in [0, 0.05) is 62.2 Å². The number of furan rings is 1. The van der Waals surface area contributed by atoms with Crippen LogP contribution in [-0.4, -0.2) is 29.0 Å². The molecule has 5 aromatic rings. The van der Waals surface area contributed by atoms with Crippen LogP contribution in [0.2, 0.25) is 0 Å². The van der Waals surface area contributed by atoms with Crippen molar-refractivity contribution in [2.75, 3.05) is 9.80 Å². The predicted molar refractivity (Wildman–Crippen MR) is 269 cm³/mol. The molecule has 7 nitrogen and oxygen atoms in total. The van der Waals surface area contributed by atoms with E-state index in [2.05, 4.69) is 185 Å². The second-order valence-electron chi connectivity index (χ2n) is 18.7. The van der Waals surface area contributed by atoms with Gasteiger partial charge in [0.25, 0.3) is 0 Å². The fourth-order valence-corrected chi connectivity index (χ4v) is 14.0. The Morgan fingerprint density at radius 3 is 2.42 bits per heavy atom. The molecule has 8 atom stereocenters. The lowest BCUT2D eigenvalue weighted by atomic mass is 9.78. The van der Waals surface area contributed by atoms with Crippen LogP contribution in [0.5, 0.6) is 0 Å². The van der Waals surface area contributed by atoms with Crippen molar-refractivity contribution in [1.29, 1.82) is 5.26 Å². The van der Waals surface area contributed by atoms with Gasteiger partial charge in [0.05, 0.1) is 29.0 Å². The Hall–Kier alpha value is -7.08. The minimum absolute atomic E-state index is 0.0233. The van der Waals surface area contributed by atoms with Crippen LogP contribution >= 0.6 is 11.8 Å². The summed E-state index contributed by atoms with van der Waals surface area (Å²) >= 11 is 2.13. The number of hydrogen-bond donors (Lipinski definition) is 1. The number of rotatable bonds is 5. The van der Waals surface area contributed by atoms with Crippen molar-refractivity contribution < 1.29 is 4.42 Å². The van der Waals surface area contributed by atoms with Crippen LogP contribution in [0.25, 0.3) is 21.9 Å². The second kappa shape index (κ2) is 15.0. The fraction of sp³-hybridized carbons (Fsp3) is 0.224. The summed E-state index contributed by atoms with van der Waals surface area (Å²) in [4.78, 5) is 17.8. The first-order chi connectivity index (χ1) is 32.7. The number of nitrogens with one attached hydrogen (secondary N) is 1. The van der Waals surface area contributed by atoms with E-state index >= 15 is 0 Å². The molecule has 1 N–H and O–H groups in total. The maximum Gasteiger partial charge on any atom is 0.173 e. The maximum atomic E-state index is 11.4. The average molecular weight is 875 g/mol. The number of thioether (sulfide) groups is 1. The summed E-state index contributed by atoms with van der Waals surface area (Å²) in [6.45, 7) is 0. The lowest BCUT2D eigenvalue weighted by Gasteiger charge is -2.39. The van der Waals surface area contributed by atoms with Gasteiger partial charge in [-0.2, -0.15) is 5.26 Å². The highest BCUT2D eigenvalue weighted by molar-refractivity contribution is 8.04. The first-order valence-electron chi connectivity index (χ1n) is 23.6. The van der Waals surface area contributed by atoms with Gasteiger partial charge in [0.2, 0.25) is 0 Å². The molecule has 5 aliphatic carbocycles. The summed E-state index contributed by atoms with van der Waals surface area (Å²) in [5.41, 5.74) is 13.0. The SMILES string of the molecule is N#Cc1cc(C2=NC(c3cccc4c3oc3ccccc34)N=C(C3C=CC=CC3)N2)c(N2C3=C(CCC4SC5=C(C=CCC5)C34)C3C=CC=CC32)cc1N1c2ccccc2C2C=CC=CC21. The third-order valence-electron chi connectivity index (χ3n) is 15.3. The normalized spacial score (nSPS) is 28.5. The molecule has 0 spiro atoms. The monoisotopic (exact) mass is 874 g/mol. The molecule has 14 rings (SSSR count). The largest absolute Gasteiger partial charge is 0.456 e. The Labute approximate surface area is 388 Å². The molecule has 4 aromatic carbocycles. The van der Waals surface area contributed by atoms with Gasteiger partial charge in [-0.15, -0.1) is 11.8 Å². The van der Waals surface area contributed by atoms with Crippen molar-refractivity contribution in [1.82, 2.24) is 5.32 Å². The predicted octanol–water partition coefficient (Wildman–Crippen LogP) is 13.1. The van der Waals surface area contributed by atoms with Crippen LogP contribution < -0.4 is 15.1 Å². The molecule has 1 aromatic heterocycles. The zero-order valence-corrected chi connectivity index (χ0v) is 37.1. The fourth-order valence-electron chi connectivity index (χ4n) is 12.5. The zero-order valence-electron chi connectivity index (χ0n) is 36.3. The molecule has 8 unspecified atom stereocenters. The second-order valence-corrected chi connectivity index (χ2v) is 20.1. The molecule has 8 heteroatoms. The van der Waals surface area contributed by atoms with Crippen LogP contribution in [0.15, 0.2) is 200 Å². The number of fused-ring (bicyclic) bond motifs is 11. The third-order valence-corrected chi connectivity index (χ3v) is 16.9. The molecule has 0 saturated carbocycles. The standard InChI is InChI=1S/C58H46N6OS/c59-33-35-31-44(58-61-56(34-15-2-1-3-16-34)60-57(62-58)43-23-14-22-41-39-20-7-12-27-50(39)65-55(41)43)49(32-48(35)63-45-24-9-4-17-36(45)37-18-5-10-25-46(37)63)64-47-26-11-6-19-38(47)40-29-30-52-53(54(40)64)42-21-8-13-28-51(42)66-52/h1-12,14-15,17-27,31-32,34,36,38,45,47,52-53,57H,13,16,28-30H2,(H,60,61,62). The van der Waals surface area contributed by atoms with E-state index in [4.69, 9.17) is 14.4 Å². The molecule has 4 aliphatic heterocycles. The Kier molecular flexibility index (Phi) is 8.67. The van der Waals surface area contributed by atoms with E-state index < -0.39 is 6.17 Å². The Morgan fingerprint density at radius 1 is 0.727 bits per heavy atom. The molecular weight excluding hydrogens is 829 g/mol. The number of anilines is 3. The van der Waals surface area contributed by atoms with Crippen LogP contribution in [0, 0.1) is 29.1 Å². The van der Waals surface area contributed by atoms with Crippen LogP contribution in [-0.2, 0) is 0 Å². The smallest absolute Gasteiger partial charge is 0.173 e. The minimum Gasteiger partial charge on any atom is -0.456 e. The molecule has 0 radical (unpaired) electrons. The Bertz CT molecular complexity index is 3340. The van der Waals surface area contributed by atoms with Crippen molar-refractivity contribution in [3.63, 3.8) is 0 Å². The van der Waals surface area contributed by atoms with Crippen molar-refractivity contribution in [3.8, 4) is 6.07 Å². The number of para-hydroxylation sites is 3. The number of nitrogens with zero attached hydrogens (tertiary/aromatic N) is 5. The number of nitriles is 1. The van der Waals surface area contributed by atoms with Crippen LogP contribution in [0.1, 0.15) is 66.4 Å². The van der Waals surface area contributed by atoms with Gasteiger partial charge >= 0.3 is 0 Å². The van der Waals surface area contributed by atoms with Gasteiger partial charge < -0.3 is 19.5 Å². The first-order valence-corrected chi connectivity index (χ1v) is 24.5. The van der Waals surface area contributed by atoms with Crippen molar-refractivity contribution in [2.45, 2.75) is 61.5 Å². The highest BCUT2D eigenvalue weighted by Gasteiger charge is 2.51. The number of amidine groups is 2. The molecule has 0 amide bonds. The lowest BCUT2D eigenvalue weighted by molar-refractivity contribution is 0.578. The third kappa shape index (κ3) is 5.69. The average Bonchev–Trinajstić information content (AvgIpc) is 4.14. The number of benzene rings is 4. The van der Waals surface area contributed by atoms with Gasteiger partial charge in [-0.1, -0.05) is 140 Å². The molecule has 0 fully saturated rings. The molecule has 66 heavy (non-hydrogen) atoms. The van der Waals surface area contributed by atoms with Crippen LogP contribution in [0.3, 0.4) is 0 Å². The van der Waals surface area contributed by atoms with Crippen LogP contribution in [0.4, 0.5) is 17.1 Å². The molecule has 5 heterocycles. The van der Waals surface area contributed by atoms with Crippen molar-refractivity contribution in [2.24, 2.45) is 27.7 Å². The van der Waals surface area contributed by atoms with E-state index in [1.54, 1.807) is 10.5 Å². The molecule has 0 saturated heterocycles. The van der Waals surface area contributed by atoms with Gasteiger partial charge in [0.1, 0.15) is 28.9 Å². The summed E-state index contributed by atoms with van der Waals surface area (Å²) in [6, 6.07) is 30.6. The quantitative estimate of drug-likeness (QED) is 0.189.